The van der Waals surface area contributed by atoms with Gasteiger partial charge in [-0.15, -0.1) is 12.4 Å². The molecule has 5 nitrogen and oxygen atoms in total. The summed E-state index contributed by atoms with van der Waals surface area (Å²) in [5, 5.41) is 3.54. The fourth-order valence-electron chi connectivity index (χ4n) is 3.44. The van der Waals surface area contributed by atoms with Gasteiger partial charge < -0.3 is 15.6 Å². The molecule has 3 rings (SSSR count). The number of hydrogen-bond donors (Lipinski definition) is 2. The molecule has 7 heteroatoms. The van der Waals surface area contributed by atoms with Crippen molar-refractivity contribution in [3.63, 3.8) is 0 Å². The van der Waals surface area contributed by atoms with Gasteiger partial charge in [-0.05, 0) is 43.0 Å². The zero-order valence-electron chi connectivity index (χ0n) is 14.4. The summed E-state index contributed by atoms with van der Waals surface area (Å²) in [5.74, 6) is 0.180. The van der Waals surface area contributed by atoms with Gasteiger partial charge in [0.2, 0.25) is 5.91 Å². The van der Waals surface area contributed by atoms with E-state index >= 15 is 0 Å². The maximum absolute atomic E-state index is 12.5. The van der Waals surface area contributed by atoms with Crippen LogP contribution in [0.2, 0.25) is 5.02 Å². The van der Waals surface area contributed by atoms with Crippen molar-refractivity contribution in [3.8, 4) is 0 Å². The molecular formula is C19H23Cl2N3O2. The highest BCUT2D eigenvalue weighted by molar-refractivity contribution is 6.31. The van der Waals surface area contributed by atoms with Gasteiger partial charge in [0.05, 0.1) is 12.2 Å². The van der Waals surface area contributed by atoms with E-state index < -0.39 is 0 Å². The molecule has 2 atom stereocenters. The molecule has 1 aromatic carbocycles. The highest BCUT2D eigenvalue weighted by Gasteiger charge is 2.31. The van der Waals surface area contributed by atoms with Gasteiger partial charge in [0.15, 0.2) is 0 Å². The standard InChI is InChI=1S/C19H22ClN3O2.ClH/c20-17-7-2-1-4-14(17)11-23-12-15(8-9-18(23)24)22-19(25)16-6-3-5-13(16)10-21;/h1-2,4,7-9,12-13,16H,3,5-6,10-11,21H2,(H,22,25);1H/t13-,16-;/m1./s1. The summed E-state index contributed by atoms with van der Waals surface area (Å²) in [6.45, 7) is 0.890. The quantitative estimate of drug-likeness (QED) is 0.814. The minimum absolute atomic E-state index is 0. The second kappa shape index (κ2) is 9.21. The summed E-state index contributed by atoms with van der Waals surface area (Å²) in [6.07, 6.45) is 4.56. The molecule has 3 N–H and O–H groups in total. The molecule has 1 heterocycles. The van der Waals surface area contributed by atoms with E-state index in [9.17, 15) is 9.59 Å². The molecule has 1 aliphatic carbocycles. The van der Waals surface area contributed by atoms with E-state index in [1.165, 1.54) is 6.07 Å². The highest BCUT2D eigenvalue weighted by atomic mass is 35.5. The molecule has 1 saturated carbocycles. The molecule has 0 bridgehead atoms. The number of halogens is 2. The summed E-state index contributed by atoms with van der Waals surface area (Å²) in [7, 11) is 0. The molecule has 140 valence electrons. The first-order chi connectivity index (χ1) is 12.1. The summed E-state index contributed by atoms with van der Waals surface area (Å²) in [5.41, 5.74) is 7.09. The number of nitrogens with one attached hydrogen (secondary N) is 1. The maximum atomic E-state index is 12.5. The maximum Gasteiger partial charge on any atom is 0.250 e. The second-order valence-electron chi connectivity index (χ2n) is 6.50. The van der Waals surface area contributed by atoms with Gasteiger partial charge in [-0.1, -0.05) is 36.2 Å². The lowest BCUT2D eigenvalue weighted by Gasteiger charge is -2.18. The predicted molar refractivity (Wildman–Crippen MR) is 107 cm³/mol. The molecule has 0 spiro atoms. The van der Waals surface area contributed by atoms with Crippen molar-refractivity contribution in [1.82, 2.24) is 4.57 Å². The molecule has 0 saturated heterocycles. The number of aromatic nitrogens is 1. The number of nitrogens with zero attached hydrogens (tertiary/aromatic N) is 1. The number of anilines is 1. The number of hydrogen-bond acceptors (Lipinski definition) is 3. The van der Waals surface area contributed by atoms with Crippen LogP contribution in [0.5, 0.6) is 0 Å². The summed E-state index contributed by atoms with van der Waals surface area (Å²) < 4.78 is 1.55. The van der Waals surface area contributed by atoms with Gasteiger partial charge in [0.25, 0.3) is 5.56 Å². The first-order valence-electron chi connectivity index (χ1n) is 8.53. The van der Waals surface area contributed by atoms with Crippen molar-refractivity contribution in [2.24, 2.45) is 17.6 Å². The minimum Gasteiger partial charge on any atom is -0.330 e. The number of amides is 1. The number of rotatable bonds is 5. The average molecular weight is 396 g/mol. The van der Waals surface area contributed by atoms with Crippen LogP contribution in [-0.4, -0.2) is 17.0 Å². The first-order valence-corrected chi connectivity index (χ1v) is 8.91. The van der Waals surface area contributed by atoms with Crippen LogP contribution in [-0.2, 0) is 11.3 Å². The molecule has 26 heavy (non-hydrogen) atoms. The highest BCUT2D eigenvalue weighted by Crippen LogP contribution is 2.31. The minimum atomic E-state index is -0.140. The fourth-order valence-corrected chi connectivity index (χ4v) is 3.63. The molecule has 1 fully saturated rings. The van der Waals surface area contributed by atoms with E-state index in [0.717, 1.165) is 24.8 Å². The largest absolute Gasteiger partial charge is 0.330 e. The van der Waals surface area contributed by atoms with Crippen LogP contribution >= 0.6 is 24.0 Å². The van der Waals surface area contributed by atoms with Gasteiger partial charge in [-0.25, -0.2) is 0 Å². The summed E-state index contributed by atoms with van der Waals surface area (Å²) in [6, 6.07) is 10.5. The lowest BCUT2D eigenvalue weighted by Crippen LogP contribution is -2.30. The number of carbonyl (C=O) groups excluding carboxylic acids is 1. The van der Waals surface area contributed by atoms with Crippen molar-refractivity contribution in [2.75, 3.05) is 11.9 Å². The number of pyridine rings is 1. The van der Waals surface area contributed by atoms with Gasteiger partial charge in [-0.2, -0.15) is 0 Å². The van der Waals surface area contributed by atoms with Crippen molar-refractivity contribution in [3.05, 3.63) is 63.5 Å². The van der Waals surface area contributed by atoms with Gasteiger partial charge in [0, 0.05) is 23.2 Å². The second-order valence-corrected chi connectivity index (χ2v) is 6.90. The van der Waals surface area contributed by atoms with Crippen molar-refractivity contribution >= 4 is 35.6 Å². The molecule has 1 amide bonds. The van der Waals surface area contributed by atoms with Crippen LogP contribution in [0.15, 0.2) is 47.4 Å². The Kier molecular flexibility index (Phi) is 7.26. The predicted octanol–water partition coefficient (Wildman–Crippen LogP) is 3.29. The third-order valence-corrected chi connectivity index (χ3v) is 5.22. The molecule has 1 aromatic heterocycles. The van der Waals surface area contributed by atoms with Crippen molar-refractivity contribution in [1.29, 1.82) is 0 Å². The van der Waals surface area contributed by atoms with Crippen LogP contribution in [0.4, 0.5) is 5.69 Å². The first kappa shape index (κ1) is 20.5. The number of benzene rings is 1. The van der Waals surface area contributed by atoms with Gasteiger partial charge in [0.1, 0.15) is 0 Å². The summed E-state index contributed by atoms with van der Waals surface area (Å²) in [4.78, 5) is 24.6. The SMILES string of the molecule is Cl.NC[C@H]1CCC[C@H]1C(=O)Nc1ccc(=O)n(Cc2ccccc2Cl)c1. The zero-order valence-corrected chi connectivity index (χ0v) is 15.9. The average Bonchev–Trinajstić information content (AvgIpc) is 3.08. The normalized spacial score (nSPS) is 19.0. The van der Waals surface area contributed by atoms with E-state index in [0.29, 0.717) is 23.8 Å². The summed E-state index contributed by atoms with van der Waals surface area (Å²) >= 11 is 6.17. The van der Waals surface area contributed by atoms with E-state index in [1.807, 2.05) is 18.2 Å². The molecule has 1 aliphatic rings. The Bertz CT molecular complexity index is 822. The van der Waals surface area contributed by atoms with Gasteiger partial charge >= 0.3 is 0 Å². The van der Waals surface area contributed by atoms with E-state index in [-0.39, 0.29) is 35.7 Å². The van der Waals surface area contributed by atoms with E-state index in [1.54, 1.807) is 22.9 Å². The lowest BCUT2D eigenvalue weighted by atomic mass is 9.95. The van der Waals surface area contributed by atoms with Crippen LogP contribution < -0.4 is 16.6 Å². The fraction of sp³-hybridized carbons (Fsp3) is 0.368. The molecular weight excluding hydrogens is 373 g/mol. The van der Waals surface area contributed by atoms with Crippen LogP contribution in [0, 0.1) is 11.8 Å². The van der Waals surface area contributed by atoms with Crippen LogP contribution in [0.3, 0.4) is 0 Å². The Morgan fingerprint density at radius 2 is 2.00 bits per heavy atom. The van der Waals surface area contributed by atoms with Crippen LogP contribution in [0.25, 0.3) is 0 Å². The molecule has 0 radical (unpaired) electrons. The zero-order chi connectivity index (χ0) is 17.8. The smallest absolute Gasteiger partial charge is 0.250 e. The van der Waals surface area contributed by atoms with Crippen molar-refractivity contribution in [2.45, 2.75) is 25.8 Å². The third-order valence-electron chi connectivity index (χ3n) is 4.85. The van der Waals surface area contributed by atoms with Crippen molar-refractivity contribution < 1.29 is 4.79 Å². The Labute approximate surface area is 164 Å². The lowest BCUT2D eigenvalue weighted by molar-refractivity contribution is -0.120. The van der Waals surface area contributed by atoms with E-state index in [2.05, 4.69) is 5.32 Å². The number of carbonyl (C=O) groups is 1. The third kappa shape index (κ3) is 4.67. The van der Waals surface area contributed by atoms with Gasteiger partial charge in [-0.3, -0.25) is 9.59 Å². The Morgan fingerprint density at radius 1 is 1.23 bits per heavy atom. The Hall–Kier alpha value is -1.82. The Balaban J connectivity index is 0.00000243. The van der Waals surface area contributed by atoms with E-state index in [4.69, 9.17) is 17.3 Å². The molecule has 2 aromatic rings. The number of nitrogens with two attached hydrogens (primary N) is 1. The Morgan fingerprint density at radius 3 is 2.73 bits per heavy atom. The molecule has 0 unspecified atom stereocenters. The monoisotopic (exact) mass is 395 g/mol. The molecule has 0 aliphatic heterocycles. The van der Waals surface area contributed by atoms with Crippen LogP contribution in [0.1, 0.15) is 24.8 Å². The topological polar surface area (TPSA) is 77.1 Å².